The van der Waals surface area contributed by atoms with E-state index in [1.54, 1.807) is 0 Å². The third kappa shape index (κ3) is 2.33. The van der Waals surface area contributed by atoms with E-state index in [9.17, 15) is 0 Å². The van der Waals surface area contributed by atoms with Crippen molar-refractivity contribution in [1.82, 2.24) is 0 Å². The molecule has 0 amide bonds. The second-order valence-corrected chi connectivity index (χ2v) is 0.931. The molecular weight excluding hydrogens is 169 g/mol. The normalized spacial score (nSPS) is 6.25. The van der Waals surface area contributed by atoms with Gasteiger partial charge in [0.2, 0.25) is 0 Å². The maximum absolute atomic E-state index is 8.92. The van der Waals surface area contributed by atoms with E-state index in [4.69, 9.17) is 4.91 Å². The van der Waals surface area contributed by atoms with Crippen LogP contribution >= 0.6 is 22.6 Å². The van der Waals surface area contributed by atoms with Gasteiger partial charge in [0.1, 0.15) is 4.55 Å². The Balaban J connectivity index is 2.30. The SMILES string of the molecule is O=NCI. The molecule has 3 heteroatoms. The van der Waals surface area contributed by atoms with Crippen LogP contribution in [0.15, 0.2) is 5.18 Å². The highest BCUT2D eigenvalue weighted by Crippen LogP contribution is 1.75. The quantitative estimate of drug-likeness (QED) is 0.251. The second-order valence-electron chi connectivity index (χ2n) is 0.249. The molecule has 0 atom stereocenters. The first-order chi connectivity index (χ1) is 1.91. The fourth-order valence-electron chi connectivity index (χ4n) is 0. The highest BCUT2D eigenvalue weighted by molar-refractivity contribution is 14.1. The van der Waals surface area contributed by atoms with Crippen LogP contribution in [-0.4, -0.2) is 4.55 Å². The fourth-order valence-corrected chi connectivity index (χ4v) is 0. The molecule has 0 bridgehead atoms. The summed E-state index contributed by atoms with van der Waals surface area (Å²) in [7, 11) is 0. The monoisotopic (exact) mass is 171 g/mol. The lowest BCUT2D eigenvalue weighted by Gasteiger charge is -1.50. The number of nitrogens with zero attached hydrogens (tertiary/aromatic N) is 1. The topological polar surface area (TPSA) is 29.4 Å². The molecular formula is CH2INO. The van der Waals surface area contributed by atoms with Crippen LogP contribution in [0.25, 0.3) is 0 Å². The molecule has 0 aliphatic carbocycles. The van der Waals surface area contributed by atoms with Crippen LogP contribution in [0.1, 0.15) is 0 Å². The van der Waals surface area contributed by atoms with Gasteiger partial charge in [0.15, 0.2) is 0 Å². The molecule has 2 nitrogen and oxygen atoms in total. The number of halogens is 1. The van der Waals surface area contributed by atoms with E-state index in [1.165, 1.54) is 0 Å². The Hall–Kier alpha value is 0.330. The predicted molar refractivity (Wildman–Crippen MR) is 24.7 cm³/mol. The molecule has 0 aromatic rings. The Labute approximate surface area is 37.7 Å². The van der Waals surface area contributed by atoms with Gasteiger partial charge in [-0.3, -0.25) is 0 Å². The summed E-state index contributed by atoms with van der Waals surface area (Å²) in [5.41, 5.74) is 0. The average Bonchev–Trinajstić information content (AvgIpc) is 1.37. The maximum atomic E-state index is 8.92. The molecule has 24 valence electrons. The molecule has 0 fully saturated rings. The van der Waals surface area contributed by atoms with Gasteiger partial charge < -0.3 is 0 Å². The van der Waals surface area contributed by atoms with Crippen molar-refractivity contribution in [1.29, 1.82) is 0 Å². The van der Waals surface area contributed by atoms with Gasteiger partial charge in [-0.1, -0.05) is 27.8 Å². The van der Waals surface area contributed by atoms with Crippen LogP contribution in [0, 0.1) is 4.91 Å². The van der Waals surface area contributed by atoms with E-state index in [2.05, 4.69) is 5.18 Å². The van der Waals surface area contributed by atoms with Crippen molar-refractivity contribution in [2.24, 2.45) is 5.18 Å². The van der Waals surface area contributed by atoms with Crippen LogP contribution in [0.2, 0.25) is 0 Å². The van der Waals surface area contributed by atoms with Crippen molar-refractivity contribution < 1.29 is 0 Å². The number of hydrogen-bond acceptors (Lipinski definition) is 2. The van der Waals surface area contributed by atoms with Crippen molar-refractivity contribution in [3.8, 4) is 0 Å². The lowest BCUT2D eigenvalue weighted by Crippen LogP contribution is -1.43. The van der Waals surface area contributed by atoms with Crippen molar-refractivity contribution in [3.63, 3.8) is 0 Å². The molecule has 0 spiro atoms. The van der Waals surface area contributed by atoms with Gasteiger partial charge in [0, 0.05) is 0 Å². The first-order valence-corrected chi connectivity index (χ1v) is 2.29. The lowest BCUT2D eigenvalue weighted by molar-refractivity contribution is 1.39. The molecule has 0 unspecified atom stereocenters. The van der Waals surface area contributed by atoms with Crippen molar-refractivity contribution >= 4 is 22.6 Å². The van der Waals surface area contributed by atoms with E-state index in [0.29, 0.717) is 4.55 Å². The first-order valence-electron chi connectivity index (χ1n) is 0.766. The molecule has 0 aliphatic heterocycles. The average molecular weight is 171 g/mol. The molecule has 0 aliphatic rings. The molecule has 0 radical (unpaired) electrons. The van der Waals surface area contributed by atoms with Crippen LogP contribution in [0.4, 0.5) is 0 Å². The molecule has 0 aromatic carbocycles. The van der Waals surface area contributed by atoms with Crippen molar-refractivity contribution in [2.45, 2.75) is 0 Å². The molecule has 0 heterocycles. The van der Waals surface area contributed by atoms with Gasteiger partial charge in [-0.05, 0) is 0 Å². The first kappa shape index (κ1) is 4.33. The third-order valence-corrected chi connectivity index (χ3v) is 0.327. The fraction of sp³-hybridized carbons (Fsp3) is 1.00. The van der Waals surface area contributed by atoms with E-state index in [-0.39, 0.29) is 0 Å². The Morgan fingerprint density at radius 3 is 2.25 bits per heavy atom. The Kier molecular flexibility index (Phi) is 3.60. The lowest BCUT2D eigenvalue weighted by atomic mass is 11.6. The summed E-state index contributed by atoms with van der Waals surface area (Å²) < 4.78 is 0.359. The molecule has 0 saturated heterocycles. The summed E-state index contributed by atoms with van der Waals surface area (Å²) in [5, 5.41) is 2.47. The molecule has 0 rings (SSSR count). The number of alkyl halides is 1. The van der Waals surface area contributed by atoms with E-state index in [1.807, 2.05) is 22.6 Å². The zero-order chi connectivity index (χ0) is 3.41. The van der Waals surface area contributed by atoms with Crippen LogP contribution in [0.3, 0.4) is 0 Å². The van der Waals surface area contributed by atoms with Crippen molar-refractivity contribution in [2.75, 3.05) is 4.55 Å². The highest BCUT2D eigenvalue weighted by atomic mass is 127. The van der Waals surface area contributed by atoms with Crippen LogP contribution in [0.5, 0.6) is 0 Å². The smallest absolute Gasteiger partial charge is 0.132 e. The molecule has 0 aromatic heterocycles. The maximum Gasteiger partial charge on any atom is 0.132 e. The Morgan fingerprint density at radius 2 is 2.25 bits per heavy atom. The minimum Gasteiger partial charge on any atom is -0.150 e. The minimum absolute atomic E-state index is 0.359. The zero-order valence-electron chi connectivity index (χ0n) is 1.94. The summed E-state index contributed by atoms with van der Waals surface area (Å²) in [4.78, 5) is 8.92. The predicted octanol–water partition coefficient (Wildman–Crippen LogP) is 1.15. The largest absolute Gasteiger partial charge is 0.150 e. The second kappa shape index (κ2) is 3.33. The van der Waals surface area contributed by atoms with Gasteiger partial charge in [0.05, 0.1) is 0 Å². The molecule has 0 N–H and O–H groups in total. The van der Waals surface area contributed by atoms with Gasteiger partial charge in [-0.15, -0.1) is 4.91 Å². The Morgan fingerprint density at radius 1 is 2.00 bits per heavy atom. The number of rotatable bonds is 1. The van der Waals surface area contributed by atoms with E-state index in [0.717, 1.165) is 0 Å². The van der Waals surface area contributed by atoms with Gasteiger partial charge >= 0.3 is 0 Å². The third-order valence-electron chi connectivity index (χ3n) is 0.0488. The number of nitroso groups, excluding NO2 is 1. The van der Waals surface area contributed by atoms with Gasteiger partial charge in [-0.2, -0.15) is 0 Å². The Bertz CT molecular complexity index is 22.0. The standard InChI is InChI=1S/CH2INO/c2-1-3-4/h1H2. The summed E-state index contributed by atoms with van der Waals surface area (Å²) in [6, 6.07) is 0. The summed E-state index contributed by atoms with van der Waals surface area (Å²) in [6.07, 6.45) is 0. The molecule has 4 heavy (non-hydrogen) atoms. The zero-order valence-corrected chi connectivity index (χ0v) is 4.10. The highest BCUT2D eigenvalue weighted by Gasteiger charge is 1.53. The summed E-state index contributed by atoms with van der Waals surface area (Å²) in [5.74, 6) is 0. The summed E-state index contributed by atoms with van der Waals surface area (Å²) >= 11 is 1.87. The minimum atomic E-state index is 0.359. The van der Waals surface area contributed by atoms with Crippen LogP contribution < -0.4 is 0 Å². The summed E-state index contributed by atoms with van der Waals surface area (Å²) in [6.45, 7) is 0. The van der Waals surface area contributed by atoms with Gasteiger partial charge in [0.25, 0.3) is 0 Å². The number of hydrogen-bond donors (Lipinski definition) is 0. The molecule has 0 saturated carbocycles. The van der Waals surface area contributed by atoms with Gasteiger partial charge in [-0.25, -0.2) is 0 Å². The van der Waals surface area contributed by atoms with Crippen LogP contribution in [-0.2, 0) is 0 Å². The van der Waals surface area contributed by atoms with E-state index < -0.39 is 0 Å². The van der Waals surface area contributed by atoms with Crippen molar-refractivity contribution in [3.05, 3.63) is 4.91 Å². The van der Waals surface area contributed by atoms with E-state index >= 15 is 0 Å².